The average Bonchev–Trinajstić information content (AvgIpc) is 3.39. The largest absolute Gasteiger partial charge is 0.495 e. The molecule has 5 nitrogen and oxygen atoms in total. The number of rotatable bonds is 4. The van der Waals surface area contributed by atoms with Gasteiger partial charge in [0.2, 0.25) is 6.23 Å². The first-order chi connectivity index (χ1) is 17.7. The van der Waals surface area contributed by atoms with Crippen LogP contribution in [0.5, 0.6) is 0 Å². The average molecular weight is 484 g/mol. The van der Waals surface area contributed by atoms with Crippen molar-refractivity contribution in [2.75, 3.05) is 13.7 Å². The topological polar surface area (TPSA) is 37.3 Å². The zero-order valence-corrected chi connectivity index (χ0v) is 20.5. The quantitative estimate of drug-likeness (QED) is 0.513. The number of allylic oxidation sites excluding steroid dienone is 9. The van der Waals surface area contributed by atoms with E-state index in [2.05, 4.69) is 63.5 Å². The van der Waals surface area contributed by atoms with Crippen molar-refractivity contribution in [3.63, 3.8) is 0 Å². The smallest absolute Gasteiger partial charge is 0.227 e. The van der Waals surface area contributed by atoms with E-state index in [1.165, 1.54) is 22.9 Å². The van der Waals surface area contributed by atoms with Crippen LogP contribution in [-0.2, 0) is 22.7 Å². The standard InChI is InChI=1S/C30H30FN3O2/c1-35-28-18-21(7-4-13-27(28)33-19-24-8-2-3-9-25(24)20-33)17-23-11-6-16-34-29(23)32-36-30(34)22-10-5-12-26(31)15-14-22/h2-5,7-10,14-15,17-18,30H,6,11-13,16,19-20H2,1H3/b23-17+. The van der Waals surface area contributed by atoms with Crippen molar-refractivity contribution >= 4 is 5.84 Å². The predicted octanol–water partition coefficient (Wildman–Crippen LogP) is 6.18. The third-order valence-electron chi connectivity index (χ3n) is 7.28. The van der Waals surface area contributed by atoms with Gasteiger partial charge in [-0.2, -0.15) is 0 Å². The summed E-state index contributed by atoms with van der Waals surface area (Å²) in [6.45, 7) is 2.67. The van der Waals surface area contributed by atoms with Crippen molar-refractivity contribution in [3.8, 4) is 0 Å². The molecule has 0 bridgehead atoms. The molecule has 5 aliphatic rings. The Balaban J connectivity index is 1.25. The molecule has 0 saturated carbocycles. The van der Waals surface area contributed by atoms with Gasteiger partial charge in [0.1, 0.15) is 11.6 Å². The van der Waals surface area contributed by atoms with Crippen LogP contribution in [0.25, 0.3) is 0 Å². The summed E-state index contributed by atoms with van der Waals surface area (Å²) in [7, 11) is 1.75. The summed E-state index contributed by atoms with van der Waals surface area (Å²) in [6, 6.07) is 8.63. The van der Waals surface area contributed by atoms with E-state index in [1.54, 1.807) is 13.2 Å². The van der Waals surface area contributed by atoms with Crippen molar-refractivity contribution < 1.29 is 14.0 Å². The Bertz CT molecular complexity index is 1290. The maximum Gasteiger partial charge on any atom is 0.227 e. The number of hydrogen-bond donors (Lipinski definition) is 0. The van der Waals surface area contributed by atoms with Gasteiger partial charge in [-0.05, 0) is 53.3 Å². The van der Waals surface area contributed by atoms with Crippen LogP contribution in [0.15, 0.2) is 112 Å². The van der Waals surface area contributed by atoms with Gasteiger partial charge in [0.15, 0.2) is 5.84 Å². The number of methoxy groups -OCH3 is 1. The first-order valence-electron chi connectivity index (χ1n) is 12.6. The zero-order valence-electron chi connectivity index (χ0n) is 20.5. The van der Waals surface area contributed by atoms with E-state index in [9.17, 15) is 4.39 Å². The van der Waals surface area contributed by atoms with Crippen molar-refractivity contribution in [1.82, 2.24) is 9.80 Å². The Hall–Kier alpha value is -3.80. The lowest BCUT2D eigenvalue weighted by atomic mass is 9.99. The van der Waals surface area contributed by atoms with Gasteiger partial charge in [-0.3, -0.25) is 0 Å². The number of nitrogens with zero attached hydrogens (tertiary/aromatic N) is 3. The molecule has 1 saturated heterocycles. The highest BCUT2D eigenvalue weighted by Crippen LogP contribution is 2.34. The maximum absolute atomic E-state index is 13.7. The molecular weight excluding hydrogens is 453 g/mol. The molecule has 0 radical (unpaired) electrons. The lowest BCUT2D eigenvalue weighted by Gasteiger charge is -2.30. The Morgan fingerprint density at radius 2 is 1.89 bits per heavy atom. The second-order valence-electron chi connectivity index (χ2n) is 9.62. The van der Waals surface area contributed by atoms with Gasteiger partial charge in [-0.1, -0.05) is 59.8 Å². The molecule has 184 valence electrons. The Kier molecular flexibility index (Phi) is 6.09. The van der Waals surface area contributed by atoms with Crippen LogP contribution in [0.4, 0.5) is 4.39 Å². The molecular formula is C30H30FN3O2. The van der Waals surface area contributed by atoms with E-state index >= 15 is 0 Å². The van der Waals surface area contributed by atoms with Crippen LogP contribution in [0.2, 0.25) is 0 Å². The van der Waals surface area contributed by atoms with Crippen molar-refractivity contribution in [2.45, 2.75) is 45.0 Å². The first-order valence-corrected chi connectivity index (χ1v) is 12.6. The molecule has 6 heteroatoms. The molecule has 0 aromatic heterocycles. The minimum Gasteiger partial charge on any atom is -0.495 e. The Labute approximate surface area is 211 Å². The van der Waals surface area contributed by atoms with E-state index in [1.807, 2.05) is 12.2 Å². The molecule has 6 rings (SSSR count). The van der Waals surface area contributed by atoms with Gasteiger partial charge in [-0.25, -0.2) is 4.39 Å². The molecule has 0 N–H and O–H groups in total. The predicted molar refractivity (Wildman–Crippen MR) is 139 cm³/mol. The zero-order chi connectivity index (χ0) is 24.5. The molecule has 1 aromatic carbocycles. The highest BCUT2D eigenvalue weighted by Gasteiger charge is 2.36. The fourth-order valence-corrected chi connectivity index (χ4v) is 5.46. The highest BCUT2D eigenvalue weighted by atomic mass is 19.1. The van der Waals surface area contributed by atoms with Crippen molar-refractivity contribution in [2.24, 2.45) is 5.16 Å². The lowest BCUT2D eigenvalue weighted by molar-refractivity contribution is 0.0398. The summed E-state index contributed by atoms with van der Waals surface area (Å²) in [5, 5.41) is 4.46. The molecule has 1 fully saturated rings. The summed E-state index contributed by atoms with van der Waals surface area (Å²) >= 11 is 0. The van der Waals surface area contributed by atoms with Gasteiger partial charge in [0.25, 0.3) is 0 Å². The molecule has 3 heterocycles. The minimum atomic E-state index is -0.321. The monoisotopic (exact) mass is 483 g/mol. The third-order valence-corrected chi connectivity index (χ3v) is 7.28. The molecule has 2 aliphatic carbocycles. The lowest BCUT2D eigenvalue weighted by Crippen LogP contribution is -2.41. The number of piperidine rings is 1. The van der Waals surface area contributed by atoms with Gasteiger partial charge in [0, 0.05) is 38.0 Å². The summed E-state index contributed by atoms with van der Waals surface area (Å²) < 4.78 is 19.6. The number of halogens is 1. The molecule has 1 unspecified atom stereocenters. The first kappa shape index (κ1) is 22.7. The molecule has 1 aromatic rings. The fourth-order valence-electron chi connectivity index (χ4n) is 5.46. The molecule has 36 heavy (non-hydrogen) atoms. The SMILES string of the molecule is COC1=C(N2Cc3ccccc3C2)CC=CC(/C=C2\CCCN3C2=NOC3C2=CC=C(F)CC=C2)=C1. The van der Waals surface area contributed by atoms with Gasteiger partial charge < -0.3 is 19.4 Å². The molecule has 0 amide bonds. The number of benzene rings is 1. The number of oxime groups is 1. The number of hydrogen-bond acceptors (Lipinski definition) is 5. The highest BCUT2D eigenvalue weighted by molar-refractivity contribution is 6.00. The van der Waals surface area contributed by atoms with Crippen molar-refractivity contribution in [1.29, 1.82) is 0 Å². The Morgan fingerprint density at radius 3 is 2.69 bits per heavy atom. The summed E-state index contributed by atoms with van der Waals surface area (Å²) in [6.07, 6.45) is 18.6. The van der Waals surface area contributed by atoms with Crippen LogP contribution in [0.1, 0.15) is 36.8 Å². The second kappa shape index (κ2) is 9.69. The van der Waals surface area contributed by atoms with Crippen LogP contribution >= 0.6 is 0 Å². The summed E-state index contributed by atoms with van der Waals surface area (Å²) in [5.41, 5.74) is 7.11. The van der Waals surface area contributed by atoms with Gasteiger partial charge in [-0.15, -0.1) is 0 Å². The van der Waals surface area contributed by atoms with E-state index in [0.29, 0.717) is 6.42 Å². The molecule has 0 spiro atoms. The van der Waals surface area contributed by atoms with Crippen LogP contribution in [0, 0.1) is 0 Å². The molecule has 1 atom stereocenters. The summed E-state index contributed by atoms with van der Waals surface area (Å²) in [5.74, 6) is 1.62. The summed E-state index contributed by atoms with van der Waals surface area (Å²) in [4.78, 5) is 10.4. The maximum atomic E-state index is 13.7. The van der Waals surface area contributed by atoms with E-state index < -0.39 is 0 Å². The minimum absolute atomic E-state index is 0.147. The van der Waals surface area contributed by atoms with Crippen molar-refractivity contribution in [3.05, 3.63) is 118 Å². The number of fused-ring (bicyclic) bond motifs is 2. The number of amidine groups is 1. The van der Waals surface area contributed by atoms with Crippen LogP contribution in [0.3, 0.4) is 0 Å². The van der Waals surface area contributed by atoms with E-state index in [-0.39, 0.29) is 12.1 Å². The molecule has 3 aliphatic heterocycles. The number of ether oxygens (including phenoxy) is 1. The van der Waals surface area contributed by atoms with Gasteiger partial charge in [0.05, 0.1) is 12.8 Å². The Morgan fingerprint density at radius 1 is 1.08 bits per heavy atom. The van der Waals surface area contributed by atoms with Crippen LogP contribution in [-0.4, -0.2) is 35.5 Å². The van der Waals surface area contributed by atoms with E-state index in [4.69, 9.17) is 9.57 Å². The normalized spacial score (nSPS) is 24.4. The van der Waals surface area contributed by atoms with E-state index in [0.717, 1.165) is 67.2 Å². The fraction of sp³-hybridized carbons (Fsp3) is 0.300. The van der Waals surface area contributed by atoms with Crippen LogP contribution < -0.4 is 0 Å². The van der Waals surface area contributed by atoms with Gasteiger partial charge >= 0.3 is 0 Å². The second-order valence-corrected chi connectivity index (χ2v) is 9.62. The third kappa shape index (κ3) is 4.32.